The maximum atomic E-state index is 10.9. The number of nitrogens with two attached hydrogens (primary N) is 1. The second-order valence-corrected chi connectivity index (χ2v) is 5.16. The summed E-state index contributed by atoms with van der Waals surface area (Å²) in [6.45, 7) is 0. The van der Waals surface area contributed by atoms with Crippen molar-refractivity contribution in [2.75, 3.05) is 12.0 Å². The van der Waals surface area contributed by atoms with Crippen LogP contribution < -0.4 is 5.73 Å². The van der Waals surface area contributed by atoms with E-state index >= 15 is 0 Å². The largest absolute Gasteiger partial charge is 0.323 e. The van der Waals surface area contributed by atoms with Gasteiger partial charge in [-0.25, -0.2) is 8.42 Å². The SMILES string of the molecule is CS(=O)(=O)CC(N)c1ccncc1. The summed E-state index contributed by atoms with van der Waals surface area (Å²) in [4.78, 5) is 3.82. The molecule has 1 rings (SSSR count). The highest BCUT2D eigenvalue weighted by Gasteiger charge is 2.12. The zero-order chi connectivity index (χ0) is 9.90. The average Bonchev–Trinajstić information content (AvgIpc) is 2.03. The van der Waals surface area contributed by atoms with E-state index in [-0.39, 0.29) is 5.75 Å². The number of nitrogens with zero attached hydrogens (tertiary/aromatic N) is 1. The summed E-state index contributed by atoms with van der Waals surface area (Å²) in [5, 5.41) is 0. The summed E-state index contributed by atoms with van der Waals surface area (Å²) < 4.78 is 21.8. The van der Waals surface area contributed by atoms with Gasteiger partial charge in [0.1, 0.15) is 9.84 Å². The van der Waals surface area contributed by atoms with Crippen LogP contribution in [0.5, 0.6) is 0 Å². The molecular formula is C8H12N2O2S. The van der Waals surface area contributed by atoms with Gasteiger partial charge in [-0.1, -0.05) is 0 Å². The molecule has 1 atom stereocenters. The predicted octanol–water partition coefficient (Wildman–Crippen LogP) is 0.126. The van der Waals surface area contributed by atoms with Gasteiger partial charge in [0.25, 0.3) is 0 Å². The molecule has 0 aliphatic heterocycles. The average molecular weight is 200 g/mol. The van der Waals surface area contributed by atoms with Crippen LogP contribution in [0.3, 0.4) is 0 Å². The Morgan fingerprint density at radius 1 is 1.46 bits per heavy atom. The first-order valence-electron chi connectivity index (χ1n) is 3.82. The first kappa shape index (κ1) is 10.1. The zero-order valence-electron chi connectivity index (χ0n) is 7.34. The predicted molar refractivity (Wildman–Crippen MR) is 50.9 cm³/mol. The van der Waals surface area contributed by atoms with Crippen LogP contribution in [0, 0.1) is 0 Å². The Bertz CT molecular complexity index is 361. The van der Waals surface area contributed by atoms with E-state index in [0.29, 0.717) is 0 Å². The minimum atomic E-state index is -3.02. The lowest BCUT2D eigenvalue weighted by Gasteiger charge is -2.09. The van der Waals surface area contributed by atoms with Crippen LogP contribution in [0.4, 0.5) is 0 Å². The molecule has 0 aliphatic rings. The molecule has 0 saturated carbocycles. The summed E-state index contributed by atoms with van der Waals surface area (Å²) in [5.74, 6) is -0.0307. The molecule has 1 aromatic heterocycles. The molecule has 1 aromatic rings. The highest BCUT2D eigenvalue weighted by Crippen LogP contribution is 2.09. The van der Waals surface area contributed by atoms with Gasteiger partial charge in [-0.2, -0.15) is 0 Å². The quantitative estimate of drug-likeness (QED) is 0.752. The van der Waals surface area contributed by atoms with Crippen molar-refractivity contribution in [3.05, 3.63) is 30.1 Å². The van der Waals surface area contributed by atoms with E-state index < -0.39 is 15.9 Å². The number of hydrogen-bond acceptors (Lipinski definition) is 4. The molecule has 1 heterocycles. The van der Waals surface area contributed by atoms with Gasteiger partial charge < -0.3 is 5.73 Å². The molecule has 5 heteroatoms. The highest BCUT2D eigenvalue weighted by atomic mass is 32.2. The zero-order valence-corrected chi connectivity index (χ0v) is 8.16. The Labute approximate surface area is 77.7 Å². The molecule has 13 heavy (non-hydrogen) atoms. The molecule has 0 spiro atoms. The van der Waals surface area contributed by atoms with Gasteiger partial charge in [0.2, 0.25) is 0 Å². The fourth-order valence-corrected chi connectivity index (χ4v) is 1.88. The lowest BCUT2D eigenvalue weighted by atomic mass is 10.1. The third-order valence-electron chi connectivity index (χ3n) is 1.62. The monoisotopic (exact) mass is 200 g/mol. The molecule has 0 aliphatic carbocycles. The fraction of sp³-hybridized carbons (Fsp3) is 0.375. The van der Waals surface area contributed by atoms with Crippen molar-refractivity contribution < 1.29 is 8.42 Å². The van der Waals surface area contributed by atoms with Crippen molar-refractivity contribution in [3.8, 4) is 0 Å². The summed E-state index contributed by atoms with van der Waals surface area (Å²) >= 11 is 0. The van der Waals surface area contributed by atoms with Crippen LogP contribution in [-0.2, 0) is 9.84 Å². The van der Waals surface area contributed by atoms with Crippen molar-refractivity contribution >= 4 is 9.84 Å². The van der Waals surface area contributed by atoms with E-state index in [9.17, 15) is 8.42 Å². The Kier molecular flexibility index (Phi) is 3.00. The Balaban J connectivity index is 2.76. The molecule has 0 aromatic carbocycles. The molecule has 0 fully saturated rings. The molecular weight excluding hydrogens is 188 g/mol. The number of hydrogen-bond donors (Lipinski definition) is 1. The standard InChI is InChI=1S/C8H12N2O2S/c1-13(11,12)6-8(9)7-2-4-10-5-3-7/h2-5,8H,6,9H2,1H3. The van der Waals surface area contributed by atoms with Crippen LogP contribution in [0.2, 0.25) is 0 Å². The van der Waals surface area contributed by atoms with Crippen LogP contribution >= 0.6 is 0 Å². The summed E-state index contributed by atoms with van der Waals surface area (Å²) in [6, 6.07) is 2.98. The second-order valence-electron chi connectivity index (χ2n) is 2.98. The lowest BCUT2D eigenvalue weighted by Crippen LogP contribution is -2.20. The molecule has 0 radical (unpaired) electrons. The number of sulfone groups is 1. The second kappa shape index (κ2) is 3.85. The van der Waals surface area contributed by atoms with E-state index in [1.54, 1.807) is 24.5 Å². The van der Waals surface area contributed by atoms with E-state index in [2.05, 4.69) is 4.98 Å². The summed E-state index contributed by atoms with van der Waals surface area (Å²) in [7, 11) is -3.02. The van der Waals surface area contributed by atoms with Crippen molar-refractivity contribution in [1.82, 2.24) is 4.98 Å². The van der Waals surface area contributed by atoms with E-state index in [1.165, 1.54) is 6.26 Å². The van der Waals surface area contributed by atoms with Gasteiger partial charge >= 0.3 is 0 Å². The molecule has 2 N–H and O–H groups in total. The first-order chi connectivity index (χ1) is 5.99. The van der Waals surface area contributed by atoms with Crippen molar-refractivity contribution in [2.24, 2.45) is 5.73 Å². The molecule has 1 unspecified atom stereocenters. The lowest BCUT2D eigenvalue weighted by molar-refractivity contribution is 0.594. The summed E-state index contributed by atoms with van der Waals surface area (Å²) in [6.07, 6.45) is 4.36. The smallest absolute Gasteiger partial charge is 0.149 e. The topological polar surface area (TPSA) is 73.0 Å². The highest BCUT2D eigenvalue weighted by molar-refractivity contribution is 7.90. The third kappa shape index (κ3) is 3.52. The van der Waals surface area contributed by atoms with Crippen molar-refractivity contribution in [2.45, 2.75) is 6.04 Å². The van der Waals surface area contributed by atoms with E-state index in [4.69, 9.17) is 5.73 Å². The van der Waals surface area contributed by atoms with Crippen molar-refractivity contribution in [3.63, 3.8) is 0 Å². The number of rotatable bonds is 3. The van der Waals surface area contributed by atoms with Gasteiger partial charge in [0.15, 0.2) is 0 Å². The maximum Gasteiger partial charge on any atom is 0.149 e. The van der Waals surface area contributed by atoms with Gasteiger partial charge in [0, 0.05) is 24.7 Å². The van der Waals surface area contributed by atoms with E-state index in [0.717, 1.165) is 5.56 Å². The molecule has 0 amide bonds. The Morgan fingerprint density at radius 2 is 2.00 bits per heavy atom. The number of pyridine rings is 1. The minimum Gasteiger partial charge on any atom is -0.323 e. The Morgan fingerprint density at radius 3 is 2.46 bits per heavy atom. The Hall–Kier alpha value is -0.940. The molecule has 0 saturated heterocycles. The van der Waals surface area contributed by atoms with Gasteiger partial charge in [-0.3, -0.25) is 4.98 Å². The number of aromatic nitrogens is 1. The van der Waals surface area contributed by atoms with Crippen molar-refractivity contribution in [1.29, 1.82) is 0 Å². The minimum absolute atomic E-state index is 0.0307. The van der Waals surface area contributed by atoms with Crippen LogP contribution in [0.1, 0.15) is 11.6 Å². The normalized spacial score (nSPS) is 14.0. The third-order valence-corrected chi connectivity index (χ3v) is 2.58. The van der Waals surface area contributed by atoms with Gasteiger partial charge in [0.05, 0.1) is 5.75 Å². The molecule has 0 bridgehead atoms. The maximum absolute atomic E-state index is 10.9. The summed E-state index contributed by atoms with van der Waals surface area (Å²) in [5.41, 5.74) is 6.47. The van der Waals surface area contributed by atoms with E-state index in [1.807, 2.05) is 0 Å². The van der Waals surface area contributed by atoms with Crippen LogP contribution in [0.15, 0.2) is 24.5 Å². The molecule has 72 valence electrons. The fourth-order valence-electron chi connectivity index (χ4n) is 1.03. The van der Waals surface area contributed by atoms with Crippen LogP contribution in [0.25, 0.3) is 0 Å². The van der Waals surface area contributed by atoms with Gasteiger partial charge in [-0.05, 0) is 17.7 Å². The van der Waals surface area contributed by atoms with Gasteiger partial charge in [-0.15, -0.1) is 0 Å². The van der Waals surface area contributed by atoms with Crippen LogP contribution in [-0.4, -0.2) is 25.4 Å². The molecule has 4 nitrogen and oxygen atoms in total. The first-order valence-corrected chi connectivity index (χ1v) is 5.88.